The summed E-state index contributed by atoms with van der Waals surface area (Å²) < 4.78 is 5.47. The molecule has 2 heterocycles. The highest BCUT2D eigenvalue weighted by Gasteiger charge is 2.13. The SMILES string of the molecule is Nc1cnccc1NC(=O)c1cc2ccccc2o1. The zero-order chi connectivity index (χ0) is 13.2. The Bertz CT molecular complexity index is 716. The minimum Gasteiger partial charge on any atom is -0.451 e. The summed E-state index contributed by atoms with van der Waals surface area (Å²) >= 11 is 0. The molecule has 19 heavy (non-hydrogen) atoms. The van der Waals surface area contributed by atoms with Gasteiger partial charge in [-0.1, -0.05) is 18.2 Å². The molecule has 0 aliphatic carbocycles. The number of para-hydroxylation sites is 1. The van der Waals surface area contributed by atoms with E-state index in [9.17, 15) is 4.79 Å². The van der Waals surface area contributed by atoms with E-state index in [-0.39, 0.29) is 11.7 Å². The fourth-order valence-corrected chi connectivity index (χ4v) is 1.80. The summed E-state index contributed by atoms with van der Waals surface area (Å²) in [5.41, 5.74) is 7.31. The second-order valence-corrected chi connectivity index (χ2v) is 4.07. The molecule has 0 saturated carbocycles. The Morgan fingerprint density at radius 3 is 2.89 bits per heavy atom. The molecule has 0 radical (unpaired) electrons. The summed E-state index contributed by atoms with van der Waals surface area (Å²) in [6, 6.07) is 10.8. The lowest BCUT2D eigenvalue weighted by Gasteiger charge is -2.04. The third kappa shape index (κ3) is 2.13. The van der Waals surface area contributed by atoms with Gasteiger partial charge in [-0.05, 0) is 18.2 Å². The summed E-state index contributed by atoms with van der Waals surface area (Å²) in [4.78, 5) is 15.9. The van der Waals surface area contributed by atoms with Gasteiger partial charge < -0.3 is 15.5 Å². The predicted octanol–water partition coefficient (Wildman–Crippen LogP) is 2.66. The summed E-state index contributed by atoms with van der Waals surface area (Å²) in [5, 5.41) is 3.57. The normalized spacial score (nSPS) is 10.5. The summed E-state index contributed by atoms with van der Waals surface area (Å²) in [5.74, 6) is -0.0912. The van der Waals surface area contributed by atoms with E-state index < -0.39 is 0 Å². The highest BCUT2D eigenvalue weighted by Crippen LogP contribution is 2.21. The number of nitrogens with two attached hydrogens (primary N) is 1. The van der Waals surface area contributed by atoms with Crippen LogP contribution >= 0.6 is 0 Å². The number of carbonyl (C=O) groups is 1. The van der Waals surface area contributed by atoms with Gasteiger partial charge in [-0.25, -0.2) is 0 Å². The first-order chi connectivity index (χ1) is 9.24. The smallest absolute Gasteiger partial charge is 0.291 e. The van der Waals surface area contributed by atoms with Crippen molar-refractivity contribution in [2.24, 2.45) is 0 Å². The summed E-state index contributed by atoms with van der Waals surface area (Å²) in [6.45, 7) is 0. The molecule has 3 N–H and O–H groups in total. The van der Waals surface area contributed by atoms with Crippen molar-refractivity contribution in [2.75, 3.05) is 11.1 Å². The number of hydrogen-bond donors (Lipinski definition) is 2. The summed E-state index contributed by atoms with van der Waals surface area (Å²) in [6.07, 6.45) is 3.04. The molecular weight excluding hydrogens is 242 g/mol. The van der Waals surface area contributed by atoms with Crippen LogP contribution in [0.4, 0.5) is 11.4 Å². The molecule has 5 heteroatoms. The Morgan fingerprint density at radius 2 is 2.11 bits per heavy atom. The zero-order valence-electron chi connectivity index (χ0n) is 9.96. The van der Waals surface area contributed by atoms with E-state index in [0.29, 0.717) is 17.0 Å². The standard InChI is InChI=1S/C14H11N3O2/c15-10-8-16-6-5-11(10)17-14(18)13-7-9-3-1-2-4-12(9)19-13/h1-8H,15H2,(H,16,17,18). The minimum absolute atomic E-state index is 0.248. The Balaban J connectivity index is 1.90. The predicted molar refractivity (Wildman–Crippen MR) is 72.8 cm³/mol. The highest BCUT2D eigenvalue weighted by molar-refractivity contribution is 6.05. The molecule has 0 unspecified atom stereocenters. The molecule has 0 atom stereocenters. The lowest BCUT2D eigenvalue weighted by molar-refractivity contribution is 0.0999. The third-order valence-corrected chi connectivity index (χ3v) is 2.75. The molecule has 0 fully saturated rings. The van der Waals surface area contributed by atoms with Gasteiger partial charge in [-0.2, -0.15) is 0 Å². The van der Waals surface area contributed by atoms with E-state index >= 15 is 0 Å². The Labute approximate surface area is 109 Å². The van der Waals surface area contributed by atoms with Crippen molar-refractivity contribution in [3.05, 3.63) is 54.6 Å². The van der Waals surface area contributed by atoms with Gasteiger partial charge in [0.25, 0.3) is 5.91 Å². The van der Waals surface area contributed by atoms with E-state index in [4.69, 9.17) is 10.2 Å². The van der Waals surface area contributed by atoms with Gasteiger partial charge >= 0.3 is 0 Å². The topological polar surface area (TPSA) is 81.1 Å². The van der Waals surface area contributed by atoms with Crippen LogP contribution in [0.15, 0.2) is 53.2 Å². The van der Waals surface area contributed by atoms with Gasteiger partial charge in [0.05, 0.1) is 17.6 Å². The Hall–Kier alpha value is -2.82. The minimum atomic E-state index is -0.339. The number of hydrogen-bond acceptors (Lipinski definition) is 4. The number of rotatable bonds is 2. The van der Waals surface area contributed by atoms with E-state index in [2.05, 4.69) is 10.3 Å². The van der Waals surface area contributed by atoms with Gasteiger partial charge in [-0.15, -0.1) is 0 Å². The number of furan rings is 1. The number of amides is 1. The van der Waals surface area contributed by atoms with Crippen LogP contribution in [0.25, 0.3) is 11.0 Å². The fraction of sp³-hybridized carbons (Fsp3) is 0. The van der Waals surface area contributed by atoms with Crippen molar-refractivity contribution in [1.29, 1.82) is 0 Å². The van der Waals surface area contributed by atoms with Gasteiger partial charge in [0, 0.05) is 11.6 Å². The Kier molecular flexibility index (Phi) is 2.64. The van der Waals surface area contributed by atoms with Crippen molar-refractivity contribution in [1.82, 2.24) is 4.98 Å². The van der Waals surface area contributed by atoms with Crippen molar-refractivity contribution >= 4 is 28.3 Å². The molecule has 1 aromatic carbocycles. The number of fused-ring (bicyclic) bond motifs is 1. The first-order valence-corrected chi connectivity index (χ1v) is 5.73. The van der Waals surface area contributed by atoms with Gasteiger partial charge in [-0.3, -0.25) is 9.78 Å². The molecule has 0 spiro atoms. The molecular formula is C14H11N3O2. The number of carbonyl (C=O) groups excluding carboxylic acids is 1. The molecule has 94 valence electrons. The van der Waals surface area contributed by atoms with Gasteiger partial charge in [0.2, 0.25) is 0 Å². The third-order valence-electron chi connectivity index (χ3n) is 2.75. The fourth-order valence-electron chi connectivity index (χ4n) is 1.80. The largest absolute Gasteiger partial charge is 0.451 e. The quantitative estimate of drug-likeness (QED) is 0.735. The summed E-state index contributed by atoms with van der Waals surface area (Å²) in [7, 11) is 0. The lowest BCUT2D eigenvalue weighted by atomic mass is 10.2. The van der Waals surface area contributed by atoms with Gasteiger partial charge in [0.1, 0.15) is 5.58 Å². The van der Waals surface area contributed by atoms with Crippen LogP contribution in [0.1, 0.15) is 10.6 Å². The van der Waals surface area contributed by atoms with Crippen LogP contribution in [0.5, 0.6) is 0 Å². The monoisotopic (exact) mass is 253 g/mol. The molecule has 5 nitrogen and oxygen atoms in total. The first kappa shape index (κ1) is 11.3. The van der Waals surface area contributed by atoms with Crippen LogP contribution < -0.4 is 11.1 Å². The highest BCUT2D eigenvalue weighted by atomic mass is 16.3. The van der Waals surface area contributed by atoms with Crippen LogP contribution in [-0.2, 0) is 0 Å². The molecule has 0 aliphatic heterocycles. The number of nitrogens with zero attached hydrogens (tertiary/aromatic N) is 1. The zero-order valence-corrected chi connectivity index (χ0v) is 9.96. The average molecular weight is 253 g/mol. The molecule has 0 aliphatic rings. The van der Waals surface area contributed by atoms with Crippen molar-refractivity contribution in [2.45, 2.75) is 0 Å². The number of pyridine rings is 1. The van der Waals surface area contributed by atoms with E-state index in [0.717, 1.165) is 5.39 Å². The first-order valence-electron chi connectivity index (χ1n) is 5.73. The number of benzene rings is 1. The molecule has 3 rings (SSSR count). The molecule has 3 aromatic rings. The maximum atomic E-state index is 12.1. The van der Waals surface area contributed by atoms with Crippen molar-refractivity contribution in [3.63, 3.8) is 0 Å². The van der Waals surface area contributed by atoms with Crippen LogP contribution in [0, 0.1) is 0 Å². The van der Waals surface area contributed by atoms with E-state index in [1.807, 2.05) is 24.3 Å². The van der Waals surface area contributed by atoms with Crippen LogP contribution in [-0.4, -0.2) is 10.9 Å². The molecule has 0 bridgehead atoms. The molecule has 2 aromatic heterocycles. The number of nitrogen functional groups attached to an aromatic ring is 1. The van der Waals surface area contributed by atoms with Crippen LogP contribution in [0.2, 0.25) is 0 Å². The van der Waals surface area contributed by atoms with Crippen molar-refractivity contribution in [3.8, 4) is 0 Å². The second-order valence-electron chi connectivity index (χ2n) is 4.07. The second kappa shape index (κ2) is 4.45. The Morgan fingerprint density at radius 1 is 1.26 bits per heavy atom. The number of anilines is 2. The molecule has 1 amide bonds. The van der Waals surface area contributed by atoms with E-state index in [1.54, 1.807) is 18.3 Å². The molecule has 0 saturated heterocycles. The number of aromatic nitrogens is 1. The van der Waals surface area contributed by atoms with Crippen molar-refractivity contribution < 1.29 is 9.21 Å². The maximum Gasteiger partial charge on any atom is 0.291 e. The maximum absolute atomic E-state index is 12.1. The number of nitrogens with one attached hydrogen (secondary N) is 1. The van der Waals surface area contributed by atoms with E-state index in [1.165, 1.54) is 6.20 Å². The average Bonchev–Trinajstić information content (AvgIpc) is 2.85. The lowest BCUT2D eigenvalue weighted by Crippen LogP contribution is -2.12. The van der Waals surface area contributed by atoms with Gasteiger partial charge in [0.15, 0.2) is 5.76 Å². The van der Waals surface area contributed by atoms with Crippen LogP contribution in [0.3, 0.4) is 0 Å².